The second-order valence-electron chi connectivity index (χ2n) is 8.59. The molecule has 0 aromatic heterocycles. The van der Waals surface area contributed by atoms with Crippen molar-refractivity contribution in [2.24, 2.45) is 5.92 Å². The van der Waals surface area contributed by atoms with Crippen molar-refractivity contribution in [1.82, 2.24) is 5.32 Å². The Balaban J connectivity index is 1.46. The van der Waals surface area contributed by atoms with E-state index in [0.717, 1.165) is 36.3 Å². The highest BCUT2D eigenvalue weighted by atomic mass is 16.6. The van der Waals surface area contributed by atoms with Gasteiger partial charge in [-0.3, -0.25) is 9.59 Å². The van der Waals surface area contributed by atoms with Gasteiger partial charge in [0.25, 0.3) is 0 Å². The molecule has 0 radical (unpaired) electrons. The Bertz CT molecular complexity index is 794. The number of fused-ring (bicyclic) bond motifs is 3. The standard InChI is InChI=1S/C23H32N2O6/c1-2-7-24-21(27)12-16-11-18-17-10-15(25-23(28)14-5-8-29-9-6-14)3-4-19(17)31-22(18)20(13-26)30-16/h3-4,10,14,16,18,20,22,26H,2,5-9,11-13H2,1H3,(H,24,27)(H,25,28)/t16-,18-,20+,22+/m1/s1. The van der Waals surface area contributed by atoms with Crippen LogP contribution in [0.25, 0.3) is 0 Å². The highest BCUT2D eigenvalue weighted by molar-refractivity contribution is 5.92. The van der Waals surface area contributed by atoms with Crippen LogP contribution in [-0.4, -0.2) is 61.6 Å². The minimum atomic E-state index is -0.490. The van der Waals surface area contributed by atoms with Crippen LogP contribution in [0.3, 0.4) is 0 Å². The predicted molar refractivity (Wildman–Crippen MR) is 114 cm³/mol. The van der Waals surface area contributed by atoms with Crippen LogP contribution in [0.4, 0.5) is 5.69 Å². The topological polar surface area (TPSA) is 106 Å². The number of aliphatic hydroxyl groups is 1. The molecule has 170 valence electrons. The van der Waals surface area contributed by atoms with Gasteiger partial charge in [-0.25, -0.2) is 0 Å². The van der Waals surface area contributed by atoms with Crippen LogP contribution in [0.15, 0.2) is 18.2 Å². The van der Waals surface area contributed by atoms with E-state index in [1.54, 1.807) is 0 Å². The van der Waals surface area contributed by atoms with Gasteiger partial charge in [0.1, 0.15) is 18.0 Å². The molecule has 8 heteroatoms. The summed E-state index contributed by atoms with van der Waals surface area (Å²) in [6, 6.07) is 5.67. The summed E-state index contributed by atoms with van der Waals surface area (Å²) >= 11 is 0. The summed E-state index contributed by atoms with van der Waals surface area (Å²) < 4.78 is 17.4. The zero-order valence-corrected chi connectivity index (χ0v) is 18.0. The third-order valence-electron chi connectivity index (χ3n) is 6.34. The number of hydrogen-bond donors (Lipinski definition) is 3. The van der Waals surface area contributed by atoms with Crippen LogP contribution in [0.5, 0.6) is 5.75 Å². The molecular formula is C23H32N2O6. The fraction of sp³-hybridized carbons (Fsp3) is 0.652. The summed E-state index contributed by atoms with van der Waals surface area (Å²) in [6.07, 6.45) is 2.17. The van der Waals surface area contributed by atoms with E-state index in [-0.39, 0.29) is 48.9 Å². The lowest BCUT2D eigenvalue weighted by atomic mass is 9.84. The smallest absolute Gasteiger partial charge is 0.227 e. The maximum Gasteiger partial charge on any atom is 0.227 e. The predicted octanol–water partition coefficient (Wildman–Crippen LogP) is 1.96. The highest BCUT2D eigenvalue weighted by Gasteiger charge is 2.46. The lowest BCUT2D eigenvalue weighted by Gasteiger charge is -2.37. The van der Waals surface area contributed by atoms with Crippen molar-refractivity contribution in [2.75, 3.05) is 31.7 Å². The Hall–Kier alpha value is -2.16. The van der Waals surface area contributed by atoms with Crippen LogP contribution in [0.1, 0.15) is 50.5 Å². The molecule has 0 unspecified atom stereocenters. The third kappa shape index (κ3) is 5.02. The molecule has 2 amide bonds. The van der Waals surface area contributed by atoms with E-state index in [9.17, 15) is 14.7 Å². The quantitative estimate of drug-likeness (QED) is 0.608. The maximum atomic E-state index is 12.6. The number of amides is 2. The molecule has 3 heterocycles. The molecule has 8 nitrogen and oxygen atoms in total. The molecule has 3 aliphatic rings. The molecule has 4 rings (SSSR count). The van der Waals surface area contributed by atoms with Gasteiger partial charge in [0.15, 0.2) is 0 Å². The monoisotopic (exact) mass is 432 g/mol. The number of benzene rings is 1. The van der Waals surface area contributed by atoms with Crippen molar-refractivity contribution in [3.05, 3.63) is 23.8 Å². The lowest BCUT2D eigenvalue weighted by Crippen LogP contribution is -2.47. The summed E-state index contributed by atoms with van der Waals surface area (Å²) in [4.78, 5) is 24.8. The van der Waals surface area contributed by atoms with E-state index in [4.69, 9.17) is 14.2 Å². The van der Waals surface area contributed by atoms with E-state index in [1.807, 2.05) is 25.1 Å². The number of anilines is 1. The summed E-state index contributed by atoms with van der Waals surface area (Å²) in [5.41, 5.74) is 1.74. The number of aliphatic hydroxyl groups excluding tert-OH is 1. The van der Waals surface area contributed by atoms with Gasteiger partial charge in [-0.15, -0.1) is 0 Å². The van der Waals surface area contributed by atoms with Crippen LogP contribution >= 0.6 is 0 Å². The number of rotatable bonds is 7. The molecule has 1 aromatic carbocycles. The van der Waals surface area contributed by atoms with Gasteiger partial charge in [0.05, 0.1) is 19.1 Å². The first-order valence-electron chi connectivity index (χ1n) is 11.3. The van der Waals surface area contributed by atoms with Gasteiger partial charge in [0.2, 0.25) is 11.8 Å². The summed E-state index contributed by atoms with van der Waals surface area (Å²) in [5, 5.41) is 15.8. The Labute approximate surface area is 182 Å². The van der Waals surface area contributed by atoms with Gasteiger partial charge in [0, 0.05) is 42.8 Å². The Morgan fingerprint density at radius 1 is 1.23 bits per heavy atom. The second-order valence-corrected chi connectivity index (χ2v) is 8.59. The fourth-order valence-corrected chi connectivity index (χ4v) is 4.71. The zero-order valence-electron chi connectivity index (χ0n) is 18.0. The van der Waals surface area contributed by atoms with Gasteiger partial charge < -0.3 is 30.0 Å². The van der Waals surface area contributed by atoms with Crippen LogP contribution in [0.2, 0.25) is 0 Å². The normalized spacial score (nSPS) is 27.7. The largest absolute Gasteiger partial charge is 0.487 e. The summed E-state index contributed by atoms with van der Waals surface area (Å²) in [6.45, 7) is 3.72. The number of ether oxygens (including phenoxy) is 3. The van der Waals surface area contributed by atoms with Gasteiger partial charge in [-0.2, -0.15) is 0 Å². The first-order valence-corrected chi connectivity index (χ1v) is 11.3. The third-order valence-corrected chi connectivity index (χ3v) is 6.34. The summed E-state index contributed by atoms with van der Waals surface area (Å²) in [5.74, 6) is 0.698. The minimum Gasteiger partial charge on any atom is -0.487 e. The first kappa shape index (κ1) is 22.0. The molecule has 0 saturated carbocycles. The van der Waals surface area contributed by atoms with E-state index in [0.29, 0.717) is 26.2 Å². The molecule has 31 heavy (non-hydrogen) atoms. The van der Waals surface area contributed by atoms with Crippen molar-refractivity contribution in [3.63, 3.8) is 0 Å². The van der Waals surface area contributed by atoms with Gasteiger partial charge >= 0.3 is 0 Å². The molecule has 3 N–H and O–H groups in total. The van der Waals surface area contributed by atoms with E-state index in [1.165, 1.54) is 0 Å². The zero-order chi connectivity index (χ0) is 21.8. The highest BCUT2D eigenvalue weighted by Crippen LogP contribution is 2.47. The van der Waals surface area contributed by atoms with E-state index < -0.39 is 6.10 Å². The number of carbonyl (C=O) groups excluding carboxylic acids is 2. The molecule has 0 aliphatic carbocycles. The molecule has 0 bridgehead atoms. The van der Waals surface area contributed by atoms with Crippen LogP contribution in [-0.2, 0) is 19.1 Å². The molecule has 0 spiro atoms. The summed E-state index contributed by atoms with van der Waals surface area (Å²) in [7, 11) is 0. The first-order chi connectivity index (χ1) is 15.1. The van der Waals surface area contributed by atoms with Gasteiger partial charge in [-0.05, 0) is 43.9 Å². The minimum absolute atomic E-state index is 0.00445. The Morgan fingerprint density at radius 2 is 2.03 bits per heavy atom. The fourth-order valence-electron chi connectivity index (χ4n) is 4.71. The van der Waals surface area contributed by atoms with Crippen molar-refractivity contribution in [1.29, 1.82) is 0 Å². The number of carbonyl (C=O) groups is 2. The molecular weight excluding hydrogens is 400 g/mol. The Kier molecular flexibility index (Phi) is 7.09. The van der Waals surface area contributed by atoms with Crippen molar-refractivity contribution < 1.29 is 28.9 Å². The Morgan fingerprint density at radius 3 is 2.77 bits per heavy atom. The molecule has 3 aliphatic heterocycles. The average Bonchev–Trinajstić information content (AvgIpc) is 3.15. The van der Waals surface area contributed by atoms with Crippen LogP contribution < -0.4 is 15.4 Å². The number of nitrogens with one attached hydrogen (secondary N) is 2. The molecule has 2 fully saturated rings. The maximum absolute atomic E-state index is 12.6. The van der Waals surface area contributed by atoms with E-state index >= 15 is 0 Å². The SMILES string of the molecule is CCCNC(=O)C[C@H]1C[C@@H]2c3cc(NC(=O)C4CCOCC4)ccc3O[C@@H]2[C@H](CO)O1. The van der Waals surface area contributed by atoms with Gasteiger partial charge in [-0.1, -0.05) is 6.92 Å². The van der Waals surface area contributed by atoms with Crippen molar-refractivity contribution in [2.45, 2.75) is 63.3 Å². The average molecular weight is 433 g/mol. The molecule has 2 saturated heterocycles. The molecule has 4 atom stereocenters. The van der Waals surface area contributed by atoms with Crippen LogP contribution in [0, 0.1) is 5.92 Å². The van der Waals surface area contributed by atoms with Crippen molar-refractivity contribution in [3.8, 4) is 5.75 Å². The second kappa shape index (κ2) is 9.97. The lowest BCUT2D eigenvalue weighted by molar-refractivity contribution is -0.142. The van der Waals surface area contributed by atoms with E-state index in [2.05, 4.69) is 10.6 Å². The molecule has 1 aromatic rings. The number of hydrogen-bond acceptors (Lipinski definition) is 6. The van der Waals surface area contributed by atoms with Crippen molar-refractivity contribution >= 4 is 17.5 Å².